The number of aliphatic hydroxyl groups is 3. The Bertz CT molecular complexity index is 1420. The fraction of sp³-hybridized carbons (Fsp3) is 0.519. The van der Waals surface area contributed by atoms with Gasteiger partial charge < -0.3 is 26.2 Å². The number of phenols is 1. The summed E-state index contributed by atoms with van der Waals surface area (Å²) in [5.41, 5.74) is -1.13. The Labute approximate surface area is 227 Å². The summed E-state index contributed by atoms with van der Waals surface area (Å²) in [4.78, 5) is 42.2. The molecule has 13 heteroatoms. The second kappa shape index (κ2) is 9.05. The molecule has 4 aliphatic rings. The van der Waals surface area contributed by atoms with E-state index in [0.29, 0.717) is 19.4 Å². The van der Waals surface area contributed by atoms with Crippen molar-refractivity contribution in [1.29, 1.82) is 0 Å². The molecule has 5 atom stereocenters. The van der Waals surface area contributed by atoms with E-state index < -0.39 is 99.1 Å². The number of ketones is 2. The third-order valence-corrected chi connectivity index (χ3v) is 8.92. The molecule has 6 N–H and O–H groups in total. The number of aliphatic hydroxyl groups excluding tert-OH is 2. The number of carbonyl (C=O) groups excluding carboxylic acids is 3. The highest BCUT2D eigenvalue weighted by Crippen LogP contribution is 2.55. The van der Waals surface area contributed by atoms with Crippen LogP contribution in [0.3, 0.4) is 0 Å². The second-order valence-corrected chi connectivity index (χ2v) is 11.3. The average molecular weight is 566 g/mol. The lowest BCUT2D eigenvalue weighted by Gasteiger charge is -2.50. The van der Waals surface area contributed by atoms with E-state index in [1.54, 1.807) is 11.9 Å². The summed E-state index contributed by atoms with van der Waals surface area (Å²) in [6.45, 7) is 0.566. The minimum Gasteiger partial charge on any atom is -0.508 e. The number of likely N-dealkylation sites (tertiary alicyclic amines) is 1. The molecule has 1 aliphatic heterocycles. The molecule has 0 bridgehead atoms. The van der Waals surface area contributed by atoms with Crippen molar-refractivity contribution in [2.45, 2.75) is 49.5 Å². The lowest BCUT2D eigenvalue weighted by molar-refractivity contribution is -0.153. The highest BCUT2D eigenvalue weighted by Gasteiger charge is 2.64. The zero-order valence-electron chi connectivity index (χ0n) is 22.0. The van der Waals surface area contributed by atoms with Crippen molar-refractivity contribution < 1.29 is 48.0 Å². The number of nitrogens with two attached hydrogens (primary N) is 1. The normalized spacial score (nSPS) is 31.0. The van der Waals surface area contributed by atoms with Crippen LogP contribution in [0.1, 0.15) is 47.6 Å². The summed E-state index contributed by atoms with van der Waals surface area (Å²) in [6.07, 6.45) is -4.49. The number of likely N-dealkylation sites (N-methyl/N-ethyl adjacent to an activating group) is 1. The summed E-state index contributed by atoms with van der Waals surface area (Å²) >= 11 is 0. The summed E-state index contributed by atoms with van der Waals surface area (Å²) in [5.74, 6) is -8.94. The number of Topliss-reactive ketones (excluding diaryl/α,β-unsaturated/α-hetero) is 2. The average Bonchev–Trinajstić information content (AvgIpc) is 3.25. The van der Waals surface area contributed by atoms with E-state index in [9.17, 15) is 48.0 Å². The number of rotatable bonds is 3. The van der Waals surface area contributed by atoms with E-state index in [-0.39, 0.29) is 17.5 Å². The van der Waals surface area contributed by atoms with E-state index in [1.807, 2.05) is 0 Å². The van der Waals surface area contributed by atoms with Gasteiger partial charge in [0.25, 0.3) is 5.91 Å². The fourth-order valence-electron chi connectivity index (χ4n) is 7.25. The lowest BCUT2D eigenvalue weighted by atomic mass is 9.57. The van der Waals surface area contributed by atoms with Crippen LogP contribution in [0.15, 0.2) is 23.0 Å². The molecule has 1 amide bonds. The van der Waals surface area contributed by atoms with Gasteiger partial charge >= 0.3 is 6.18 Å². The number of hydrogen-bond acceptors (Lipinski definition) is 9. The van der Waals surface area contributed by atoms with Crippen LogP contribution < -0.4 is 5.73 Å². The molecule has 3 aliphatic carbocycles. The van der Waals surface area contributed by atoms with Crippen molar-refractivity contribution in [3.63, 3.8) is 0 Å². The monoisotopic (exact) mass is 565 g/mol. The van der Waals surface area contributed by atoms with Gasteiger partial charge in [0.15, 0.2) is 11.4 Å². The van der Waals surface area contributed by atoms with E-state index in [1.165, 1.54) is 19.0 Å². The van der Waals surface area contributed by atoms with Gasteiger partial charge in [0.05, 0.1) is 17.2 Å². The first-order valence-electron chi connectivity index (χ1n) is 12.8. The van der Waals surface area contributed by atoms with E-state index >= 15 is 0 Å². The topological polar surface area (TPSA) is 165 Å². The van der Waals surface area contributed by atoms with Crippen LogP contribution in [0.2, 0.25) is 0 Å². The van der Waals surface area contributed by atoms with Gasteiger partial charge in [0, 0.05) is 17.5 Å². The van der Waals surface area contributed by atoms with E-state index in [2.05, 4.69) is 0 Å². The second-order valence-electron chi connectivity index (χ2n) is 11.3. The molecule has 1 heterocycles. The van der Waals surface area contributed by atoms with Crippen molar-refractivity contribution in [3.05, 3.63) is 45.2 Å². The summed E-state index contributed by atoms with van der Waals surface area (Å²) in [7, 11) is 4.57. The molecule has 1 saturated heterocycles. The number of fused-ring (bicyclic) bond motifs is 3. The quantitative estimate of drug-likeness (QED) is 0.344. The van der Waals surface area contributed by atoms with Gasteiger partial charge in [-0.25, -0.2) is 0 Å². The van der Waals surface area contributed by atoms with Gasteiger partial charge in [-0.1, -0.05) is 0 Å². The molecule has 1 aromatic rings. The van der Waals surface area contributed by atoms with Crippen LogP contribution in [0.25, 0.3) is 5.76 Å². The number of hydrogen-bond donors (Lipinski definition) is 5. The number of carbonyl (C=O) groups is 3. The highest BCUT2D eigenvalue weighted by molar-refractivity contribution is 6.24. The molecule has 10 nitrogen and oxygen atoms in total. The van der Waals surface area contributed by atoms with Crippen molar-refractivity contribution in [1.82, 2.24) is 9.80 Å². The SMILES string of the molecule is CN1CCCC1c1cc(O)c2c(c1C(F)(F)F)C[C@H]1C[C@H]3[C@H](N(C)C)C(=O)C(C(N)=O)=C(O)[C@@]3(O)C(=O)C1=C2O. The Kier molecular flexibility index (Phi) is 6.36. The third kappa shape index (κ3) is 3.71. The van der Waals surface area contributed by atoms with Gasteiger partial charge in [-0.15, -0.1) is 0 Å². The number of benzene rings is 1. The first-order valence-corrected chi connectivity index (χ1v) is 12.8. The lowest BCUT2D eigenvalue weighted by Crippen LogP contribution is -2.65. The van der Waals surface area contributed by atoms with Crippen LogP contribution in [0.4, 0.5) is 13.2 Å². The molecule has 0 spiro atoms. The zero-order valence-corrected chi connectivity index (χ0v) is 22.0. The first-order chi connectivity index (χ1) is 18.5. The third-order valence-electron chi connectivity index (χ3n) is 8.92. The van der Waals surface area contributed by atoms with E-state index in [0.717, 1.165) is 6.07 Å². The van der Waals surface area contributed by atoms with Crippen LogP contribution in [-0.2, 0) is 27.0 Å². The Morgan fingerprint density at radius 2 is 1.85 bits per heavy atom. The standard InChI is InChI=1S/C27H30F3N3O7/c1-32(2)20-13-8-10-7-12-17(15(34)9-11(19(12)27(28,29)30)14-5-4-6-33(14)3)21(35)16(10)23(37)26(13,40)24(38)18(22(20)36)25(31)39/h9-10,13-14,20,34-35,38,40H,4-8H2,1-3H3,(H2,31,39)/t10-,13-,14?,20-,26-/m0/s1. The van der Waals surface area contributed by atoms with Crippen LogP contribution in [-0.4, -0.2) is 87.0 Å². The molecule has 40 heavy (non-hydrogen) atoms. The predicted octanol–water partition coefficient (Wildman–Crippen LogP) is 1.75. The summed E-state index contributed by atoms with van der Waals surface area (Å²) < 4.78 is 44.0. The Balaban J connectivity index is 1.76. The number of phenolic OH excluding ortho intramolecular Hbond substituents is 1. The summed E-state index contributed by atoms with van der Waals surface area (Å²) in [5, 5.41) is 44.6. The zero-order chi connectivity index (χ0) is 29.6. The Morgan fingerprint density at radius 3 is 2.38 bits per heavy atom. The minimum atomic E-state index is -4.86. The van der Waals surface area contributed by atoms with Crippen LogP contribution in [0.5, 0.6) is 5.75 Å². The van der Waals surface area contributed by atoms with Gasteiger partial charge in [-0.05, 0) is 76.5 Å². The number of alkyl halides is 3. The van der Waals surface area contributed by atoms with Crippen LogP contribution in [0, 0.1) is 11.8 Å². The fourth-order valence-corrected chi connectivity index (χ4v) is 7.25. The van der Waals surface area contributed by atoms with Crippen molar-refractivity contribution in [2.75, 3.05) is 27.7 Å². The number of nitrogens with zero attached hydrogens (tertiary/aromatic N) is 2. The molecular weight excluding hydrogens is 535 g/mol. The number of halogens is 3. The Morgan fingerprint density at radius 1 is 1.20 bits per heavy atom. The number of primary amides is 1. The van der Waals surface area contributed by atoms with Crippen LogP contribution >= 0.6 is 0 Å². The van der Waals surface area contributed by atoms with Gasteiger partial charge in [-0.3, -0.25) is 24.2 Å². The van der Waals surface area contributed by atoms with Gasteiger partial charge in [0.2, 0.25) is 5.78 Å². The molecule has 1 unspecified atom stereocenters. The maximum atomic E-state index is 14.7. The molecule has 2 fully saturated rings. The van der Waals surface area contributed by atoms with Crippen molar-refractivity contribution >= 4 is 23.2 Å². The molecule has 1 saturated carbocycles. The maximum Gasteiger partial charge on any atom is 0.417 e. The molecule has 5 rings (SSSR count). The van der Waals surface area contributed by atoms with E-state index in [4.69, 9.17) is 5.73 Å². The summed E-state index contributed by atoms with van der Waals surface area (Å²) in [6, 6.07) is -0.992. The largest absolute Gasteiger partial charge is 0.508 e. The first kappa shape index (κ1) is 28.1. The van der Waals surface area contributed by atoms with Crippen molar-refractivity contribution in [3.8, 4) is 5.75 Å². The molecule has 216 valence electrons. The molecule has 0 aromatic heterocycles. The molecular formula is C27H30F3N3O7. The highest BCUT2D eigenvalue weighted by atomic mass is 19.4. The van der Waals surface area contributed by atoms with Gasteiger partial charge in [0.1, 0.15) is 22.8 Å². The Hall–Kier alpha value is -3.42. The minimum absolute atomic E-state index is 0.135. The smallest absolute Gasteiger partial charge is 0.417 e. The molecule has 0 radical (unpaired) electrons. The number of amides is 1. The molecule has 1 aromatic carbocycles. The maximum absolute atomic E-state index is 14.7. The number of aromatic hydroxyl groups is 1. The van der Waals surface area contributed by atoms with Crippen molar-refractivity contribution in [2.24, 2.45) is 17.6 Å². The predicted molar refractivity (Wildman–Crippen MR) is 134 cm³/mol. The van der Waals surface area contributed by atoms with Gasteiger partial charge in [-0.2, -0.15) is 13.2 Å².